The van der Waals surface area contributed by atoms with E-state index in [0.717, 1.165) is 32.1 Å². The van der Waals surface area contributed by atoms with Crippen LogP contribution in [-0.2, 0) is 18.3 Å². The largest absolute Gasteiger partial charge is 0.377 e. The molecule has 3 heterocycles. The van der Waals surface area contributed by atoms with E-state index in [1.807, 2.05) is 0 Å². The molecular formula is C18H31N5O. The van der Waals surface area contributed by atoms with Crippen molar-refractivity contribution < 1.29 is 4.74 Å². The summed E-state index contributed by atoms with van der Waals surface area (Å²) in [7, 11) is 4.36. The van der Waals surface area contributed by atoms with Gasteiger partial charge in [0.1, 0.15) is 11.6 Å². The van der Waals surface area contributed by atoms with Gasteiger partial charge in [-0.15, -0.1) is 10.2 Å². The van der Waals surface area contributed by atoms with Gasteiger partial charge in [0.15, 0.2) is 0 Å². The maximum atomic E-state index is 5.90. The van der Waals surface area contributed by atoms with E-state index in [1.54, 1.807) is 0 Å². The fourth-order valence-electron chi connectivity index (χ4n) is 4.14. The summed E-state index contributed by atoms with van der Waals surface area (Å²) in [6.07, 6.45) is 8.07. The Morgan fingerprint density at radius 3 is 2.79 bits per heavy atom. The third kappa shape index (κ3) is 3.65. The van der Waals surface area contributed by atoms with Crippen LogP contribution in [0, 0.1) is 0 Å². The van der Waals surface area contributed by atoms with Gasteiger partial charge in [0.05, 0.1) is 12.6 Å². The topological polar surface area (TPSA) is 46.4 Å². The van der Waals surface area contributed by atoms with Crippen molar-refractivity contribution in [3.8, 4) is 0 Å². The number of likely N-dealkylation sites (N-methyl/N-ethyl adjacent to an activating group) is 1. The van der Waals surface area contributed by atoms with Crippen molar-refractivity contribution >= 4 is 0 Å². The summed E-state index contributed by atoms with van der Waals surface area (Å²) in [4.78, 5) is 5.05. The summed E-state index contributed by atoms with van der Waals surface area (Å²) in [5.74, 6) is 2.95. The third-order valence-electron chi connectivity index (χ3n) is 5.94. The standard InChI is InChI=1S/C18H31N5O/c1-21(13-17-19-20-18(22(17)2)14-6-7-14)15-8-9-23(11-15)12-16-5-3-4-10-24-16/h14-16H,3-13H2,1-2H3/t15-,16-/m0/s1. The Morgan fingerprint density at radius 1 is 1.17 bits per heavy atom. The Morgan fingerprint density at radius 2 is 2.04 bits per heavy atom. The molecule has 24 heavy (non-hydrogen) atoms. The SMILES string of the molecule is CN(Cc1nnc(C2CC2)n1C)[C@H]1CCN(C[C@@H]2CCCCO2)C1. The van der Waals surface area contributed by atoms with Gasteiger partial charge in [0, 0.05) is 38.7 Å². The highest BCUT2D eigenvalue weighted by molar-refractivity contribution is 5.07. The fraction of sp³-hybridized carbons (Fsp3) is 0.889. The van der Waals surface area contributed by atoms with Crippen LogP contribution in [0.4, 0.5) is 0 Å². The van der Waals surface area contributed by atoms with E-state index in [2.05, 4.69) is 38.7 Å². The van der Waals surface area contributed by atoms with E-state index in [9.17, 15) is 0 Å². The number of rotatable bonds is 6. The molecule has 1 aliphatic carbocycles. The predicted molar refractivity (Wildman–Crippen MR) is 92.9 cm³/mol. The minimum Gasteiger partial charge on any atom is -0.377 e. The zero-order valence-electron chi connectivity index (χ0n) is 15.2. The lowest BCUT2D eigenvalue weighted by atomic mass is 10.1. The van der Waals surface area contributed by atoms with E-state index >= 15 is 0 Å². The fourth-order valence-corrected chi connectivity index (χ4v) is 4.14. The Kier molecular flexibility index (Phi) is 4.88. The first-order valence-electron chi connectivity index (χ1n) is 9.63. The van der Waals surface area contributed by atoms with Crippen LogP contribution in [0.5, 0.6) is 0 Å². The molecule has 6 heteroatoms. The molecule has 4 rings (SSSR count). The minimum absolute atomic E-state index is 0.461. The first kappa shape index (κ1) is 16.5. The molecule has 1 aromatic rings. The lowest BCUT2D eigenvalue weighted by Gasteiger charge is -2.28. The Bertz CT molecular complexity index is 550. The first-order valence-corrected chi connectivity index (χ1v) is 9.63. The van der Waals surface area contributed by atoms with Crippen molar-refractivity contribution in [1.29, 1.82) is 0 Å². The van der Waals surface area contributed by atoms with E-state index in [4.69, 9.17) is 4.74 Å². The van der Waals surface area contributed by atoms with Crippen LogP contribution in [0.15, 0.2) is 0 Å². The third-order valence-corrected chi connectivity index (χ3v) is 5.94. The molecule has 2 saturated heterocycles. The van der Waals surface area contributed by atoms with Gasteiger partial charge in [-0.05, 0) is 52.1 Å². The quantitative estimate of drug-likeness (QED) is 0.794. The van der Waals surface area contributed by atoms with Gasteiger partial charge in [0.25, 0.3) is 0 Å². The van der Waals surface area contributed by atoms with Crippen LogP contribution >= 0.6 is 0 Å². The van der Waals surface area contributed by atoms with Gasteiger partial charge >= 0.3 is 0 Å². The average molecular weight is 333 g/mol. The van der Waals surface area contributed by atoms with E-state index in [1.165, 1.54) is 50.9 Å². The van der Waals surface area contributed by atoms with Crippen molar-refractivity contribution in [2.45, 2.75) is 63.1 Å². The highest BCUT2D eigenvalue weighted by atomic mass is 16.5. The molecule has 0 aromatic carbocycles. The average Bonchev–Trinajstić information content (AvgIpc) is 3.22. The smallest absolute Gasteiger partial charge is 0.146 e. The molecule has 3 fully saturated rings. The van der Waals surface area contributed by atoms with Gasteiger partial charge in [-0.25, -0.2) is 0 Å². The number of aromatic nitrogens is 3. The molecule has 2 atom stereocenters. The second kappa shape index (κ2) is 7.10. The summed E-state index contributed by atoms with van der Waals surface area (Å²) in [6, 6.07) is 0.620. The zero-order valence-corrected chi connectivity index (χ0v) is 15.2. The number of nitrogens with zero attached hydrogens (tertiary/aromatic N) is 5. The number of ether oxygens (including phenoxy) is 1. The van der Waals surface area contributed by atoms with Crippen LogP contribution < -0.4 is 0 Å². The second-order valence-electron chi connectivity index (χ2n) is 7.91. The molecule has 3 aliphatic rings. The summed E-state index contributed by atoms with van der Waals surface area (Å²) >= 11 is 0. The van der Waals surface area contributed by atoms with Gasteiger partial charge < -0.3 is 9.30 Å². The van der Waals surface area contributed by atoms with Crippen molar-refractivity contribution in [2.75, 3.05) is 33.3 Å². The summed E-state index contributed by atoms with van der Waals surface area (Å²) < 4.78 is 8.12. The predicted octanol–water partition coefficient (Wildman–Crippen LogP) is 1.77. The maximum Gasteiger partial charge on any atom is 0.146 e. The summed E-state index contributed by atoms with van der Waals surface area (Å²) in [6.45, 7) is 5.32. The monoisotopic (exact) mass is 333 g/mol. The normalized spacial score (nSPS) is 28.8. The first-order chi connectivity index (χ1) is 11.7. The molecule has 6 nitrogen and oxygen atoms in total. The molecule has 1 saturated carbocycles. The molecule has 0 bridgehead atoms. The van der Waals surface area contributed by atoms with Crippen LogP contribution in [0.3, 0.4) is 0 Å². The van der Waals surface area contributed by atoms with Crippen LogP contribution in [-0.4, -0.2) is 70.0 Å². The van der Waals surface area contributed by atoms with Crippen molar-refractivity contribution in [2.24, 2.45) is 7.05 Å². The van der Waals surface area contributed by atoms with Gasteiger partial charge in [0.2, 0.25) is 0 Å². The van der Waals surface area contributed by atoms with Crippen molar-refractivity contribution in [3.05, 3.63) is 11.6 Å². The van der Waals surface area contributed by atoms with E-state index < -0.39 is 0 Å². The zero-order chi connectivity index (χ0) is 16.5. The second-order valence-corrected chi connectivity index (χ2v) is 7.91. The van der Waals surface area contributed by atoms with Crippen LogP contribution in [0.1, 0.15) is 56.1 Å². The number of hydrogen-bond acceptors (Lipinski definition) is 5. The highest BCUT2D eigenvalue weighted by Crippen LogP contribution is 2.38. The van der Waals surface area contributed by atoms with E-state index in [0.29, 0.717) is 18.1 Å². The highest BCUT2D eigenvalue weighted by Gasteiger charge is 2.31. The molecule has 0 amide bonds. The molecule has 0 spiro atoms. The number of hydrogen-bond donors (Lipinski definition) is 0. The summed E-state index contributed by atoms with van der Waals surface area (Å²) in [5, 5.41) is 8.85. The van der Waals surface area contributed by atoms with Gasteiger partial charge in [-0.3, -0.25) is 9.80 Å². The molecule has 2 aliphatic heterocycles. The molecule has 0 N–H and O–H groups in total. The van der Waals surface area contributed by atoms with Gasteiger partial charge in [-0.2, -0.15) is 0 Å². The summed E-state index contributed by atoms with van der Waals surface area (Å²) in [5.41, 5.74) is 0. The van der Waals surface area contributed by atoms with E-state index in [-0.39, 0.29) is 0 Å². The molecule has 0 radical (unpaired) electrons. The lowest BCUT2D eigenvalue weighted by molar-refractivity contribution is -0.00281. The Hall–Kier alpha value is -0.980. The molecule has 0 unspecified atom stereocenters. The minimum atomic E-state index is 0.461. The van der Waals surface area contributed by atoms with Crippen LogP contribution in [0.25, 0.3) is 0 Å². The lowest BCUT2D eigenvalue weighted by Crippen LogP contribution is -2.38. The molecule has 1 aromatic heterocycles. The Balaban J connectivity index is 1.28. The van der Waals surface area contributed by atoms with Crippen molar-refractivity contribution in [1.82, 2.24) is 24.6 Å². The number of likely N-dealkylation sites (tertiary alicyclic amines) is 1. The van der Waals surface area contributed by atoms with Crippen molar-refractivity contribution in [3.63, 3.8) is 0 Å². The molecular weight excluding hydrogens is 302 g/mol. The van der Waals surface area contributed by atoms with Gasteiger partial charge in [-0.1, -0.05) is 0 Å². The molecule has 134 valence electrons. The maximum absolute atomic E-state index is 5.90. The van der Waals surface area contributed by atoms with Crippen LogP contribution in [0.2, 0.25) is 0 Å². The Labute approximate surface area is 145 Å².